The summed E-state index contributed by atoms with van der Waals surface area (Å²) in [6.45, 7) is 0. The van der Waals surface area contributed by atoms with Gasteiger partial charge in [-0.3, -0.25) is 0 Å². The molecule has 5 aromatic carbocycles. The Kier molecular flexibility index (Phi) is 6.15. The van der Waals surface area contributed by atoms with Crippen molar-refractivity contribution < 1.29 is 14.6 Å². The largest absolute Gasteiger partial charge is 0.511 e. The summed E-state index contributed by atoms with van der Waals surface area (Å²) < 4.78 is 5.49. The topological polar surface area (TPSA) is 46.5 Å². The molecule has 0 spiro atoms. The van der Waals surface area contributed by atoms with Crippen LogP contribution in [0.15, 0.2) is 140 Å². The molecule has 5 rings (SSSR count). The molecule has 0 unspecified atom stereocenters. The molecular weight excluding hydrogens is 432 g/mol. The van der Waals surface area contributed by atoms with Crippen molar-refractivity contribution in [3.05, 3.63) is 162 Å². The average molecular weight is 457 g/mol. The van der Waals surface area contributed by atoms with E-state index in [1.165, 1.54) is 0 Å². The molecule has 5 aromatic rings. The molecule has 1 N–H and O–H groups in total. The number of hydrogen-bond donors (Lipinski definition) is 1. The van der Waals surface area contributed by atoms with Crippen molar-refractivity contribution >= 4 is 6.16 Å². The molecule has 0 fully saturated rings. The van der Waals surface area contributed by atoms with Crippen molar-refractivity contribution in [2.75, 3.05) is 0 Å². The highest BCUT2D eigenvalue weighted by molar-refractivity contribution is 5.79. The zero-order valence-electron chi connectivity index (χ0n) is 19.0. The van der Waals surface area contributed by atoms with Gasteiger partial charge in [0.05, 0.1) is 5.41 Å². The molecule has 3 heteroatoms. The van der Waals surface area contributed by atoms with Crippen molar-refractivity contribution in [1.82, 2.24) is 0 Å². The van der Waals surface area contributed by atoms with E-state index >= 15 is 0 Å². The minimum Gasteiger partial charge on any atom is -0.449 e. The maximum absolute atomic E-state index is 11.9. The minimum absolute atomic E-state index is 0.301. The van der Waals surface area contributed by atoms with E-state index in [1.54, 1.807) is 6.07 Å². The molecule has 170 valence electrons. The molecule has 3 nitrogen and oxygen atoms in total. The maximum atomic E-state index is 11.9. The number of benzene rings is 5. The van der Waals surface area contributed by atoms with Crippen LogP contribution in [0.3, 0.4) is 0 Å². The summed E-state index contributed by atoms with van der Waals surface area (Å²) in [6, 6.07) is 46.2. The smallest absolute Gasteiger partial charge is 0.449 e. The van der Waals surface area contributed by atoms with Crippen LogP contribution in [0.1, 0.15) is 22.3 Å². The first-order valence-electron chi connectivity index (χ1n) is 11.5. The molecule has 0 amide bonds. The maximum Gasteiger partial charge on any atom is 0.511 e. The standard InChI is InChI=1S/C32H24O3/c33-31(34)35-29-23-13-22-28(24-14-5-1-6-15-24)30(29)32(25-16-7-2-8-17-25,26-18-9-3-10-19-26)27-20-11-4-12-21-27/h1-23H,(H,33,34). The van der Waals surface area contributed by atoms with Crippen LogP contribution in [0.4, 0.5) is 4.79 Å². The predicted molar refractivity (Wildman–Crippen MR) is 139 cm³/mol. The highest BCUT2D eigenvalue weighted by Gasteiger charge is 2.42. The Morgan fingerprint density at radius 3 is 1.40 bits per heavy atom. The van der Waals surface area contributed by atoms with Gasteiger partial charge in [0.15, 0.2) is 0 Å². The van der Waals surface area contributed by atoms with E-state index in [1.807, 2.05) is 97.1 Å². The molecule has 0 bridgehead atoms. The van der Waals surface area contributed by atoms with Gasteiger partial charge in [0, 0.05) is 5.56 Å². The predicted octanol–water partition coefficient (Wildman–Crippen LogP) is 7.79. The van der Waals surface area contributed by atoms with Gasteiger partial charge in [-0.15, -0.1) is 0 Å². The molecule has 0 atom stereocenters. The van der Waals surface area contributed by atoms with Gasteiger partial charge in [-0.2, -0.15) is 0 Å². The Bertz CT molecular complexity index is 1320. The van der Waals surface area contributed by atoms with E-state index < -0.39 is 11.6 Å². The molecule has 35 heavy (non-hydrogen) atoms. The monoisotopic (exact) mass is 456 g/mol. The number of carbonyl (C=O) groups is 1. The molecule has 0 saturated carbocycles. The Hall–Kier alpha value is -4.63. The summed E-state index contributed by atoms with van der Waals surface area (Å²) in [5.74, 6) is 0.301. The molecule has 0 aliphatic heterocycles. The second-order valence-corrected chi connectivity index (χ2v) is 8.26. The van der Waals surface area contributed by atoms with Crippen LogP contribution in [0.5, 0.6) is 5.75 Å². The highest BCUT2D eigenvalue weighted by atomic mass is 16.7. The summed E-state index contributed by atoms with van der Waals surface area (Å²) in [6.07, 6.45) is -1.35. The summed E-state index contributed by atoms with van der Waals surface area (Å²) in [5.41, 5.74) is 4.84. The summed E-state index contributed by atoms with van der Waals surface area (Å²) in [5, 5.41) is 9.71. The van der Waals surface area contributed by atoms with Crippen molar-refractivity contribution in [3.8, 4) is 16.9 Å². The Morgan fingerprint density at radius 1 is 0.543 bits per heavy atom. The van der Waals surface area contributed by atoms with Crippen LogP contribution in [-0.4, -0.2) is 11.3 Å². The first kappa shape index (κ1) is 22.2. The highest BCUT2D eigenvalue weighted by Crippen LogP contribution is 2.51. The average Bonchev–Trinajstić information content (AvgIpc) is 2.92. The van der Waals surface area contributed by atoms with Crippen LogP contribution < -0.4 is 4.74 Å². The Labute approximate surface area is 204 Å². The van der Waals surface area contributed by atoms with E-state index in [0.717, 1.165) is 33.4 Å². The van der Waals surface area contributed by atoms with Gasteiger partial charge in [0.25, 0.3) is 0 Å². The lowest BCUT2D eigenvalue weighted by atomic mass is 9.63. The lowest BCUT2D eigenvalue weighted by Crippen LogP contribution is -2.32. The number of hydrogen-bond acceptors (Lipinski definition) is 2. The first-order valence-corrected chi connectivity index (χ1v) is 11.5. The molecule has 0 aliphatic rings. The van der Waals surface area contributed by atoms with E-state index in [0.29, 0.717) is 5.75 Å². The SMILES string of the molecule is O=C(O)Oc1cccc(-c2ccccc2)c1C(c1ccccc1)(c1ccccc1)c1ccccc1. The van der Waals surface area contributed by atoms with E-state index in [2.05, 4.69) is 36.4 Å². The third kappa shape index (κ3) is 4.09. The summed E-state index contributed by atoms with van der Waals surface area (Å²) in [7, 11) is 0. The zero-order chi connectivity index (χ0) is 24.1. The van der Waals surface area contributed by atoms with Gasteiger partial charge in [0.2, 0.25) is 0 Å². The fraction of sp³-hybridized carbons (Fsp3) is 0.0312. The van der Waals surface area contributed by atoms with Crippen molar-refractivity contribution in [3.63, 3.8) is 0 Å². The van der Waals surface area contributed by atoms with Crippen LogP contribution in [-0.2, 0) is 5.41 Å². The third-order valence-corrected chi connectivity index (χ3v) is 6.30. The Morgan fingerprint density at radius 2 is 0.971 bits per heavy atom. The molecular formula is C32H24O3. The Balaban J connectivity index is 2.00. The fourth-order valence-corrected chi connectivity index (χ4v) is 4.95. The molecule has 0 saturated heterocycles. The molecule has 0 aromatic heterocycles. The molecule has 0 heterocycles. The van der Waals surface area contributed by atoms with Crippen molar-refractivity contribution in [1.29, 1.82) is 0 Å². The van der Waals surface area contributed by atoms with Gasteiger partial charge >= 0.3 is 6.16 Å². The van der Waals surface area contributed by atoms with Crippen LogP contribution in [0.2, 0.25) is 0 Å². The van der Waals surface area contributed by atoms with Gasteiger partial charge in [0.1, 0.15) is 5.75 Å². The number of carboxylic acid groups (broad SMARTS) is 1. The van der Waals surface area contributed by atoms with E-state index in [-0.39, 0.29) is 0 Å². The molecule has 0 aliphatic carbocycles. The van der Waals surface area contributed by atoms with Crippen molar-refractivity contribution in [2.45, 2.75) is 5.41 Å². The summed E-state index contributed by atoms with van der Waals surface area (Å²) in [4.78, 5) is 11.9. The third-order valence-electron chi connectivity index (χ3n) is 6.30. The second kappa shape index (κ2) is 9.70. The lowest BCUT2D eigenvalue weighted by molar-refractivity contribution is 0.144. The number of ether oxygens (including phenoxy) is 1. The van der Waals surface area contributed by atoms with Gasteiger partial charge in [-0.05, 0) is 33.9 Å². The normalized spacial score (nSPS) is 11.1. The van der Waals surface area contributed by atoms with Crippen LogP contribution in [0.25, 0.3) is 11.1 Å². The number of rotatable bonds is 6. The first-order chi connectivity index (χ1) is 17.2. The lowest BCUT2D eigenvalue weighted by Gasteiger charge is -2.39. The minimum atomic E-state index is -1.35. The van der Waals surface area contributed by atoms with Crippen molar-refractivity contribution in [2.24, 2.45) is 0 Å². The van der Waals surface area contributed by atoms with Crippen LogP contribution in [0, 0.1) is 0 Å². The van der Waals surface area contributed by atoms with E-state index in [4.69, 9.17) is 4.74 Å². The molecule has 0 radical (unpaired) electrons. The second-order valence-electron chi connectivity index (χ2n) is 8.26. The van der Waals surface area contributed by atoms with Gasteiger partial charge < -0.3 is 9.84 Å². The van der Waals surface area contributed by atoms with Gasteiger partial charge in [-0.25, -0.2) is 4.79 Å². The van der Waals surface area contributed by atoms with E-state index in [9.17, 15) is 9.90 Å². The zero-order valence-corrected chi connectivity index (χ0v) is 19.0. The summed E-state index contributed by atoms with van der Waals surface area (Å²) >= 11 is 0. The van der Waals surface area contributed by atoms with Gasteiger partial charge in [-0.1, -0.05) is 133 Å². The quantitative estimate of drug-likeness (QED) is 0.161. The fourth-order valence-electron chi connectivity index (χ4n) is 4.95. The van der Waals surface area contributed by atoms with Crippen LogP contribution >= 0.6 is 0 Å².